The number of carbonyl (C=O) groups excluding carboxylic acids is 1. The third-order valence-electron chi connectivity index (χ3n) is 3.97. The van der Waals surface area contributed by atoms with Crippen molar-refractivity contribution < 1.29 is 23.1 Å². The molecule has 0 aromatic heterocycles. The zero-order valence-corrected chi connectivity index (χ0v) is 12.5. The summed E-state index contributed by atoms with van der Waals surface area (Å²) in [4.78, 5) is 12.1. The maximum absolute atomic E-state index is 12.8. The van der Waals surface area contributed by atoms with Crippen LogP contribution in [0.1, 0.15) is 41.6 Å². The summed E-state index contributed by atoms with van der Waals surface area (Å²) in [6, 6.07) is 3.07. The van der Waals surface area contributed by atoms with Crippen molar-refractivity contribution in [2.75, 3.05) is 6.61 Å². The van der Waals surface area contributed by atoms with Crippen LogP contribution in [0.15, 0.2) is 18.2 Å². The maximum Gasteiger partial charge on any atom is 0.417 e. The first-order valence-corrected chi connectivity index (χ1v) is 7.47. The number of alkyl halides is 3. The van der Waals surface area contributed by atoms with Gasteiger partial charge >= 0.3 is 6.18 Å². The van der Waals surface area contributed by atoms with Gasteiger partial charge in [-0.2, -0.15) is 13.2 Å². The summed E-state index contributed by atoms with van der Waals surface area (Å²) in [5.41, 5.74) is -1.06. The lowest BCUT2D eigenvalue weighted by atomic mass is 9.86. The number of aliphatic hydroxyl groups excluding tert-OH is 1. The summed E-state index contributed by atoms with van der Waals surface area (Å²) in [6.07, 6.45) is -1.55. The Morgan fingerprint density at radius 2 is 1.91 bits per heavy atom. The lowest BCUT2D eigenvalue weighted by Crippen LogP contribution is -2.38. The van der Waals surface area contributed by atoms with Gasteiger partial charge in [0.15, 0.2) is 0 Å². The molecule has 3 nitrogen and oxygen atoms in total. The molecule has 2 N–H and O–H groups in total. The second-order valence-corrected chi connectivity index (χ2v) is 5.97. The zero-order valence-electron chi connectivity index (χ0n) is 11.8. The summed E-state index contributed by atoms with van der Waals surface area (Å²) in [5, 5.41) is 11.4. The third kappa shape index (κ3) is 4.14. The van der Waals surface area contributed by atoms with Crippen molar-refractivity contribution in [3.8, 4) is 0 Å². The van der Waals surface area contributed by atoms with E-state index in [1.165, 1.54) is 6.07 Å². The fourth-order valence-corrected chi connectivity index (χ4v) is 2.87. The number of nitrogens with one attached hydrogen (secondary N) is 1. The normalized spacial score (nSPS) is 22.4. The molecule has 1 aromatic rings. The first-order chi connectivity index (χ1) is 10.3. The van der Waals surface area contributed by atoms with Gasteiger partial charge in [-0.05, 0) is 49.8 Å². The van der Waals surface area contributed by atoms with Crippen LogP contribution < -0.4 is 5.32 Å². The van der Waals surface area contributed by atoms with Crippen LogP contribution in [-0.2, 0) is 6.18 Å². The lowest BCUT2D eigenvalue weighted by Gasteiger charge is -2.28. The molecule has 1 aliphatic rings. The molecule has 0 heterocycles. The first-order valence-electron chi connectivity index (χ1n) is 7.09. The Balaban J connectivity index is 2.04. The number of aliphatic hydroxyl groups is 1. The maximum atomic E-state index is 12.8. The molecule has 1 fully saturated rings. The minimum atomic E-state index is -4.59. The molecule has 0 spiro atoms. The van der Waals surface area contributed by atoms with Crippen molar-refractivity contribution in [3.05, 3.63) is 34.3 Å². The number of hydrogen-bond donors (Lipinski definition) is 2. The highest BCUT2D eigenvalue weighted by atomic mass is 35.5. The average Bonchev–Trinajstić information content (AvgIpc) is 2.47. The minimum absolute atomic E-state index is 0.0546. The highest BCUT2D eigenvalue weighted by molar-refractivity contribution is 6.31. The summed E-state index contributed by atoms with van der Waals surface area (Å²) in [5.74, 6) is -0.282. The van der Waals surface area contributed by atoms with Gasteiger partial charge in [-0.15, -0.1) is 0 Å². The van der Waals surface area contributed by atoms with E-state index < -0.39 is 22.7 Å². The Morgan fingerprint density at radius 1 is 1.27 bits per heavy atom. The molecule has 1 aliphatic carbocycles. The summed E-state index contributed by atoms with van der Waals surface area (Å²) >= 11 is 5.53. The van der Waals surface area contributed by atoms with E-state index in [9.17, 15) is 18.0 Å². The van der Waals surface area contributed by atoms with E-state index in [1.807, 2.05) is 0 Å². The van der Waals surface area contributed by atoms with Crippen molar-refractivity contribution in [3.63, 3.8) is 0 Å². The standard InChI is InChI=1S/C15H17ClF3NO2/c16-13-6-3-10(7-12(13)15(17,18)19)14(22)20-11-4-1-9(8-21)2-5-11/h3,6-7,9,11,21H,1-2,4-5,8H2,(H,20,22). The molecule has 2 rings (SSSR count). The van der Waals surface area contributed by atoms with Gasteiger partial charge in [0.05, 0.1) is 10.6 Å². The molecule has 22 heavy (non-hydrogen) atoms. The highest BCUT2D eigenvalue weighted by Gasteiger charge is 2.34. The van der Waals surface area contributed by atoms with Gasteiger partial charge in [0.1, 0.15) is 0 Å². The fourth-order valence-electron chi connectivity index (χ4n) is 2.64. The van der Waals surface area contributed by atoms with E-state index in [-0.39, 0.29) is 24.1 Å². The van der Waals surface area contributed by atoms with E-state index in [2.05, 4.69) is 5.32 Å². The topological polar surface area (TPSA) is 49.3 Å². The molecule has 0 bridgehead atoms. The van der Waals surface area contributed by atoms with Crippen LogP contribution in [0.25, 0.3) is 0 Å². The van der Waals surface area contributed by atoms with Crippen LogP contribution in [0.2, 0.25) is 5.02 Å². The van der Waals surface area contributed by atoms with Crippen LogP contribution in [0.4, 0.5) is 13.2 Å². The van der Waals surface area contributed by atoms with Crippen molar-refractivity contribution in [2.45, 2.75) is 37.9 Å². The smallest absolute Gasteiger partial charge is 0.396 e. The second-order valence-electron chi connectivity index (χ2n) is 5.57. The minimum Gasteiger partial charge on any atom is -0.396 e. The Labute approximate surface area is 131 Å². The van der Waals surface area contributed by atoms with Crippen LogP contribution in [-0.4, -0.2) is 23.7 Å². The molecule has 1 saturated carbocycles. The van der Waals surface area contributed by atoms with Crippen LogP contribution in [0, 0.1) is 5.92 Å². The van der Waals surface area contributed by atoms with E-state index in [0.717, 1.165) is 37.8 Å². The predicted molar refractivity (Wildman–Crippen MR) is 76.8 cm³/mol. The van der Waals surface area contributed by atoms with Crippen LogP contribution >= 0.6 is 11.6 Å². The van der Waals surface area contributed by atoms with E-state index in [1.54, 1.807) is 0 Å². The van der Waals surface area contributed by atoms with E-state index >= 15 is 0 Å². The Morgan fingerprint density at radius 3 is 2.45 bits per heavy atom. The lowest BCUT2D eigenvalue weighted by molar-refractivity contribution is -0.137. The number of hydrogen-bond acceptors (Lipinski definition) is 2. The molecular formula is C15H17ClF3NO2. The molecule has 0 saturated heterocycles. The van der Waals surface area contributed by atoms with Crippen LogP contribution in [0.5, 0.6) is 0 Å². The summed E-state index contributed by atoms with van der Waals surface area (Å²) in [7, 11) is 0. The number of benzene rings is 1. The summed E-state index contributed by atoms with van der Waals surface area (Å²) in [6.45, 7) is 0.132. The highest BCUT2D eigenvalue weighted by Crippen LogP contribution is 2.35. The van der Waals surface area contributed by atoms with Gasteiger partial charge < -0.3 is 10.4 Å². The number of halogens is 4. The molecule has 0 atom stereocenters. The number of carbonyl (C=O) groups is 1. The molecule has 1 amide bonds. The molecule has 7 heteroatoms. The van der Waals surface area contributed by atoms with Gasteiger partial charge in [0.2, 0.25) is 0 Å². The monoisotopic (exact) mass is 335 g/mol. The van der Waals surface area contributed by atoms with Crippen molar-refractivity contribution in [2.24, 2.45) is 5.92 Å². The Kier molecular flexibility index (Phi) is 5.34. The summed E-state index contributed by atoms with van der Waals surface area (Å²) < 4.78 is 38.4. The van der Waals surface area contributed by atoms with Crippen LogP contribution in [0.3, 0.4) is 0 Å². The van der Waals surface area contributed by atoms with Gasteiger partial charge in [-0.25, -0.2) is 0 Å². The third-order valence-corrected chi connectivity index (χ3v) is 4.30. The zero-order chi connectivity index (χ0) is 16.3. The van der Waals surface area contributed by atoms with Gasteiger partial charge in [-0.3, -0.25) is 4.79 Å². The van der Waals surface area contributed by atoms with Crippen molar-refractivity contribution in [1.82, 2.24) is 5.32 Å². The SMILES string of the molecule is O=C(NC1CCC(CO)CC1)c1ccc(Cl)c(C(F)(F)F)c1. The average molecular weight is 336 g/mol. The molecule has 0 radical (unpaired) electrons. The predicted octanol–water partition coefficient (Wildman–Crippen LogP) is 3.64. The Bertz CT molecular complexity index is 540. The second kappa shape index (κ2) is 6.87. The quantitative estimate of drug-likeness (QED) is 0.886. The Hall–Kier alpha value is -1.27. The number of amides is 1. The van der Waals surface area contributed by atoms with E-state index in [0.29, 0.717) is 0 Å². The molecule has 0 aliphatic heterocycles. The fraction of sp³-hybridized carbons (Fsp3) is 0.533. The van der Waals surface area contributed by atoms with Crippen molar-refractivity contribution in [1.29, 1.82) is 0 Å². The van der Waals surface area contributed by atoms with Crippen molar-refractivity contribution >= 4 is 17.5 Å². The number of rotatable bonds is 3. The molecule has 122 valence electrons. The van der Waals surface area contributed by atoms with Gasteiger partial charge in [-0.1, -0.05) is 11.6 Å². The largest absolute Gasteiger partial charge is 0.417 e. The molecule has 1 aromatic carbocycles. The molecule has 0 unspecified atom stereocenters. The van der Waals surface area contributed by atoms with Gasteiger partial charge in [0, 0.05) is 18.2 Å². The first kappa shape index (κ1) is 17.1. The van der Waals surface area contributed by atoms with E-state index in [4.69, 9.17) is 16.7 Å². The van der Waals surface area contributed by atoms with Gasteiger partial charge in [0.25, 0.3) is 5.91 Å². The molecular weight excluding hydrogens is 319 g/mol.